The maximum Gasteiger partial charge on any atom is 0.286 e. The van der Waals surface area contributed by atoms with E-state index in [0.29, 0.717) is 12.8 Å². The van der Waals surface area contributed by atoms with E-state index in [2.05, 4.69) is 0 Å². The second-order valence-corrected chi connectivity index (χ2v) is 5.16. The summed E-state index contributed by atoms with van der Waals surface area (Å²) < 4.78 is 4.94. The zero-order valence-electron chi connectivity index (χ0n) is 9.20. The number of nitrogens with zero attached hydrogens (tertiary/aromatic N) is 2. The molecule has 1 aliphatic rings. The fourth-order valence-electron chi connectivity index (χ4n) is 2.33. The van der Waals surface area contributed by atoms with Gasteiger partial charge >= 0.3 is 0 Å². The van der Waals surface area contributed by atoms with Gasteiger partial charge in [-0.3, -0.25) is 0 Å². The molecule has 0 spiro atoms. The van der Waals surface area contributed by atoms with E-state index in [0.717, 1.165) is 5.06 Å². The van der Waals surface area contributed by atoms with Crippen molar-refractivity contribution in [1.82, 2.24) is 5.06 Å². The Labute approximate surface area is 85.0 Å². The maximum atomic E-state index is 11.9. The Balaban J connectivity index is 2.81. The first kappa shape index (κ1) is 11.3. The van der Waals surface area contributed by atoms with Crippen LogP contribution in [0.2, 0.25) is 0 Å². The number of hydrogen-bond donors (Lipinski definition) is 0. The highest BCUT2D eigenvalue weighted by molar-refractivity contribution is 5.01. The molecule has 0 atom stereocenters. The molecule has 1 heterocycles. The Morgan fingerprint density at radius 3 is 2.07 bits per heavy atom. The first-order valence-electron chi connectivity index (χ1n) is 4.82. The molecule has 1 saturated heterocycles. The Kier molecular flexibility index (Phi) is 2.75. The fourth-order valence-corrected chi connectivity index (χ4v) is 2.33. The summed E-state index contributed by atoms with van der Waals surface area (Å²) in [6.45, 7) is 7.53. The van der Waals surface area contributed by atoms with Crippen molar-refractivity contribution in [3.05, 3.63) is 5.21 Å². The zero-order chi connectivity index (χ0) is 11.0. The molecule has 4 heteroatoms. The minimum absolute atomic E-state index is 0.129. The second-order valence-electron chi connectivity index (χ2n) is 5.16. The molecule has 0 amide bonds. The minimum Gasteiger partial charge on any atom is -0.784 e. The average Bonchev–Trinajstić information content (AvgIpc) is 1.99. The Morgan fingerprint density at radius 2 is 1.71 bits per heavy atom. The molecule has 0 unspecified atom stereocenters. The number of hydroxylamine groups is 2. The summed E-state index contributed by atoms with van der Waals surface area (Å²) in [7, 11) is 0. The fraction of sp³-hybridized carbons (Fsp3) is 0.900. The van der Waals surface area contributed by atoms with Gasteiger partial charge in [0.1, 0.15) is 6.10 Å². The van der Waals surface area contributed by atoms with Crippen LogP contribution in [0.5, 0.6) is 0 Å². The van der Waals surface area contributed by atoms with Crippen molar-refractivity contribution in [2.75, 3.05) is 0 Å². The highest BCUT2D eigenvalue weighted by Crippen LogP contribution is 2.38. The van der Waals surface area contributed by atoms with Crippen LogP contribution < -0.4 is 0 Å². The van der Waals surface area contributed by atoms with Crippen molar-refractivity contribution in [3.63, 3.8) is 0 Å². The van der Waals surface area contributed by atoms with Crippen molar-refractivity contribution in [1.29, 1.82) is 5.26 Å². The molecule has 0 N–H and O–H groups in total. The van der Waals surface area contributed by atoms with Crippen LogP contribution in [-0.4, -0.2) is 22.2 Å². The molecule has 0 bridgehead atoms. The van der Waals surface area contributed by atoms with Crippen molar-refractivity contribution < 1.29 is 4.74 Å². The molecule has 0 aromatic heterocycles. The molecule has 0 aliphatic carbocycles. The Hall–Kier alpha value is -0.790. The van der Waals surface area contributed by atoms with Crippen LogP contribution in [0, 0.1) is 16.7 Å². The lowest BCUT2D eigenvalue weighted by Crippen LogP contribution is -2.59. The van der Waals surface area contributed by atoms with Gasteiger partial charge in [-0.05, 0) is 27.7 Å². The maximum absolute atomic E-state index is 11.9. The standard InChI is InChI=1S/C10H17N2O2/c1-9(2)5-8(14-7-11)6-10(3,4)12(9)13/h8H,5-6H2,1-4H3/q-1. The van der Waals surface area contributed by atoms with Crippen molar-refractivity contribution in [2.24, 2.45) is 0 Å². The molecule has 14 heavy (non-hydrogen) atoms. The zero-order valence-corrected chi connectivity index (χ0v) is 9.20. The summed E-state index contributed by atoms with van der Waals surface area (Å²) in [5, 5.41) is 21.5. The number of ether oxygens (including phenoxy) is 1. The third-order valence-electron chi connectivity index (χ3n) is 2.77. The summed E-state index contributed by atoms with van der Waals surface area (Å²) in [5.74, 6) is 0. The van der Waals surface area contributed by atoms with Crippen molar-refractivity contribution in [3.8, 4) is 6.26 Å². The van der Waals surface area contributed by atoms with Crippen LogP contribution in [-0.2, 0) is 4.74 Å². The van der Waals surface area contributed by atoms with Gasteiger partial charge in [-0.25, -0.2) is 0 Å². The van der Waals surface area contributed by atoms with E-state index in [4.69, 9.17) is 10.00 Å². The van der Waals surface area contributed by atoms with E-state index < -0.39 is 11.1 Å². The van der Waals surface area contributed by atoms with Gasteiger partial charge in [-0.1, -0.05) is 0 Å². The van der Waals surface area contributed by atoms with Gasteiger partial charge in [0, 0.05) is 23.9 Å². The van der Waals surface area contributed by atoms with Crippen LogP contribution in [0.25, 0.3) is 0 Å². The van der Waals surface area contributed by atoms with Gasteiger partial charge < -0.3 is 15.0 Å². The smallest absolute Gasteiger partial charge is 0.286 e. The predicted molar refractivity (Wildman–Crippen MR) is 53.1 cm³/mol. The molecule has 1 aliphatic heterocycles. The van der Waals surface area contributed by atoms with E-state index >= 15 is 0 Å². The third kappa shape index (κ3) is 1.99. The Morgan fingerprint density at radius 1 is 1.29 bits per heavy atom. The number of piperidine rings is 1. The van der Waals surface area contributed by atoms with E-state index in [-0.39, 0.29) is 6.10 Å². The minimum atomic E-state index is -0.455. The topological polar surface area (TPSA) is 59.3 Å². The first-order chi connectivity index (χ1) is 6.29. The highest BCUT2D eigenvalue weighted by atomic mass is 16.5. The molecule has 0 aromatic rings. The summed E-state index contributed by atoms with van der Waals surface area (Å²) in [4.78, 5) is 0. The molecule has 0 radical (unpaired) electrons. The molecular weight excluding hydrogens is 180 g/mol. The Bertz CT molecular complexity index is 237. The molecule has 1 fully saturated rings. The molecule has 0 saturated carbocycles. The third-order valence-corrected chi connectivity index (χ3v) is 2.77. The summed E-state index contributed by atoms with van der Waals surface area (Å²) >= 11 is 0. The molecule has 0 aromatic carbocycles. The van der Waals surface area contributed by atoms with Crippen LogP contribution in [0.4, 0.5) is 0 Å². The van der Waals surface area contributed by atoms with E-state index in [1.54, 1.807) is 6.26 Å². The molecule has 80 valence electrons. The quantitative estimate of drug-likeness (QED) is 0.603. The van der Waals surface area contributed by atoms with Gasteiger partial charge in [0.2, 0.25) is 0 Å². The average molecular weight is 197 g/mol. The number of rotatable bonds is 1. The predicted octanol–water partition coefficient (Wildman–Crippen LogP) is 2.00. The van der Waals surface area contributed by atoms with E-state index in [9.17, 15) is 5.21 Å². The monoisotopic (exact) mass is 197 g/mol. The first-order valence-corrected chi connectivity index (χ1v) is 4.82. The lowest BCUT2D eigenvalue weighted by atomic mass is 9.80. The van der Waals surface area contributed by atoms with Gasteiger partial charge in [0.05, 0.1) is 0 Å². The van der Waals surface area contributed by atoms with E-state index in [1.165, 1.54) is 0 Å². The number of nitriles is 1. The van der Waals surface area contributed by atoms with Crippen LogP contribution in [0.15, 0.2) is 0 Å². The van der Waals surface area contributed by atoms with Gasteiger partial charge in [0.15, 0.2) is 0 Å². The van der Waals surface area contributed by atoms with Gasteiger partial charge in [0.25, 0.3) is 6.26 Å². The second kappa shape index (κ2) is 3.41. The van der Waals surface area contributed by atoms with Crippen molar-refractivity contribution in [2.45, 2.75) is 57.7 Å². The lowest BCUT2D eigenvalue weighted by molar-refractivity contribution is -0.0508. The SMILES string of the molecule is CC1(C)CC(OC#N)CC(C)(C)N1[O-]. The number of hydrogen-bond acceptors (Lipinski definition) is 4. The van der Waals surface area contributed by atoms with Crippen LogP contribution >= 0.6 is 0 Å². The van der Waals surface area contributed by atoms with Gasteiger partial charge in [-0.15, -0.1) is 0 Å². The van der Waals surface area contributed by atoms with Crippen LogP contribution in [0.3, 0.4) is 0 Å². The summed E-state index contributed by atoms with van der Waals surface area (Å²) in [6, 6.07) is 0. The summed E-state index contributed by atoms with van der Waals surface area (Å²) in [5.41, 5.74) is -0.910. The summed E-state index contributed by atoms with van der Waals surface area (Å²) in [6.07, 6.45) is 2.79. The van der Waals surface area contributed by atoms with E-state index in [1.807, 2.05) is 27.7 Å². The van der Waals surface area contributed by atoms with Gasteiger partial charge in [-0.2, -0.15) is 5.26 Å². The lowest BCUT2D eigenvalue weighted by Gasteiger charge is -2.59. The molecular formula is C10H17N2O2-. The highest BCUT2D eigenvalue weighted by Gasteiger charge is 2.41. The normalized spacial score (nSPS) is 26.9. The van der Waals surface area contributed by atoms with Crippen molar-refractivity contribution >= 4 is 0 Å². The molecule has 4 nitrogen and oxygen atoms in total. The molecule has 1 rings (SSSR count). The largest absolute Gasteiger partial charge is 0.784 e. The van der Waals surface area contributed by atoms with Crippen LogP contribution in [0.1, 0.15) is 40.5 Å².